The zero-order valence-corrected chi connectivity index (χ0v) is 15.3. The first-order valence-corrected chi connectivity index (χ1v) is 10.2. The van der Waals surface area contributed by atoms with E-state index in [1.54, 1.807) is 12.1 Å². The number of nitrogens with one attached hydrogen (secondary N) is 2. The molecule has 1 aliphatic carbocycles. The molecular formula is C17H27N3O4S. The number of amides is 1. The summed E-state index contributed by atoms with van der Waals surface area (Å²) in [4.78, 5) is 12.1. The van der Waals surface area contributed by atoms with Gasteiger partial charge in [0.15, 0.2) is 0 Å². The summed E-state index contributed by atoms with van der Waals surface area (Å²) in [6.07, 6.45) is 3.14. The highest BCUT2D eigenvalue weighted by atomic mass is 32.2. The molecule has 0 bridgehead atoms. The van der Waals surface area contributed by atoms with Gasteiger partial charge in [-0.25, -0.2) is 13.1 Å². The van der Waals surface area contributed by atoms with Gasteiger partial charge in [-0.1, -0.05) is 6.42 Å². The third kappa shape index (κ3) is 5.69. The Morgan fingerprint density at radius 1 is 1.28 bits per heavy atom. The normalized spacial score (nSPS) is 20.4. The number of carbonyl (C=O) groups is 1. The van der Waals surface area contributed by atoms with Crippen molar-refractivity contribution in [2.45, 2.75) is 43.5 Å². The van der Waals surface area contributed by atoms with Crippen molar-refractivity contribution >= 4 is 15.9 Å². The third-order valence-corrected chi connectivity index (χ3v) is 5.87. The Morgan fingerprint density at radius 3 is 2.64 bits per heavy atom. The van der Waals surface area contributed by atoms with Gasteiger partial charge in [0.05, 0.1) is 11.5 Å². The topological polar surface area (TPSA) is 111 Å². The van der Waals surface area contributed by atoms with Gasteiger partial charge in [0.1, 0.15) is 5.75 Å². The summed E-state index contributed by atoms with van der Waals surface area (Å²) >= 11 is 0. The monoisotopic (exact) mass is 369 g/mol. The van der Waals surface area contributed by atoms with E-state index < -0.39 is 10.0 Å². The summed E-state index contributed by atoms with van der Waals surface area (Å²) in [5.74, 6) is 0.788. The molecule has 1 aromatic carbocycles. The fourth-order valence-electron chi connectivity index (χ4n) is 3.05. The largest absolute Gasteiger partial charge is 0.494 e. The maximum absolute atomic E-state index is 12.2. The molecule has 7 nitrogen and oxygen atoms in total. The quantitative estimate of drug-likeness (QED) is 0.601. The molecule has 0 aromatic heterocycles. The van der Waals surface area contributed by atoms with E-state index in [4.69, 9.17) is 10.5 Å². The lowest BCUT2D eigenvalue weighted by atomic mass is 10.0. The van der Waals surface area contributed by atoms with Gasteiger partial charge in [0.25, 0.3) is 0 Å². The highest BCUT2D eigenvalue weighted by Gasteiger charge is 2.27. The van der Waals surface area contributed by atoms with Crippen molar-refractivity contribution in [1.29, 1.82) is 0 Å². The van der Waals surface area contributed by atoms with E-state index >= 15 is 0 Å². The minimum Gasteiger partial charge on any atom is -0.494 e. The van der Waals surface area contributed by atoms with E-state index in [-0.39, 0.29) is 29.8 Å². The lowest BCUT2D eigenvalue weighted by Crippen LogP contribution is -2.41. The maximum atomic E-state index is 12.2. The fourth-order valence-corrected chi connectivity index (χ4v) is 4.08. The van der Waals surface area contributed by atoms with Gasteiger partial charge in [0, 0.05) is 19.0 Å². The Hall–Kier alpha value is -1.64. The number of hydrogen-bond donors (Lipinski definition) is 3. The fraction of sp³-hybridized carbons (Fsp3) is 0.588. The molecule has 1 aliphatic rings. The van der Waals surface area contributed by atoms with Crippen LogP contribution in [-0.4, -0.2) is 40.1 Å². The second-order valence-electron chi connectivity index (χ2n) is 6.15. The molecule has 1 fully saturated rings. The number of sulfonamides is 1. The number of carbonyl (C=O) groups excluding carboxylic acids is 1. The molecule has 8 heteroatoms. The summed E-state index contributed by atoms with van der Waals surface area (Å²) in [6, 6.07) is 6.30. The first kappa shape index (κ1) is 19.7. The van der Waals surface area contributed by atoms with Gasteiger partial charge in [-0.2, -0.15) is 0 Å². The van der Waals surface area contributed by atoms with Crippen LogP contribution in [0.1, 0.15) is 32.6 Å². The van der Waals surface area contributed by atoms with Crippen molar-refractivity contribution in [2.75, 3.05) is 19.7 Å². The van der Waals surface area contributed by atoms with E-state index in [1.807, 2.05) is 6.92 Å². The molecule has 0 aliphatic heterocycles. The first-order chi connectivity index (χ1) is 12.0. The molecule has 0 spiro atoms. The van der Waals surface area contributed by atoms with Crippen molar-refractivity contribution in [1.82, 2.24) is 10.0 Å². The third-order valence-electron chi connectivity index (χ3n) is 4.40. The average molecular weight is 369 g/mol. The predicted molar refractivity (Wildman–Crippen MR) is 95.7 cm³/mol. The number of rotatable bonds is 9. The van der Waals surface area contributed by atoms with E-state index in [0.717, 1.165) is 19.3 Å². The zero-order valence-electron chi connectivity index (χ0n) is 14.5. The van der Waals surface area contributed by atoms with Gasteiger partial charge in [-0.15, -0.1) is 0 Å². The number of hydrogen-bond acceptors (Lipinski definition) is 5. The van der Waals surface area contributed by atoms with Crippen LogP contribution in [0.4, 0.5) is 0 Å². The number of benzene rings is 1. The zero-order chi connectivity index (χ0) is 18.3. The Morgan fingerprint density at radius 2 is 2.00 bits per heavy atom. The predicted octanol–water partition coefficient (Wildman–Crippen LogP) is 0.997. The van der Waals surface area contributed by atoms with Crippen molar-refractivity contribution in [2.24, 2.45) is 11.7 Å². The first-order valence-electron chi connectivity index (χ1n) is 8.68. The van der Waals surface area contributed by atoms with Gasteiger partial charge < -0.3 is 15.8 Å². The summed E-state index contributed by atoms with van der Waals surface area (Å²) in [7, 11) is -3.64. The van der Waals surface area contributed by atoms with Crippen LogP contribution in [0, 0.1) is 5.92 Å². The maximum Gasteiger partial charge on any atom is 0.240 e. The Balaban J connectivity index is 1.80. The van der Waals surface area contributed by atoms with Crippen molar-refractivity contribution in [3.8, 4) is 5.75 Å². The lowest BCUT2D eigenvalue weighted by molar-refractivity contribution is -0.121. The molecule has 0 saturated heterocycles. The minimum atomic E-state index is -3.64. The van der Waals surface area contributed by atoms with Crippen LogP contribution in [0.25, 0.3) is 0 Å². The number of nitrogens with two attached hydrogens (primary N) is 1. The molecule has 0 radical (unpaired) electrons. The molecule has 1 aromatic rings. The SMILES string of the molecule is CCOc1ccc(S(=O)(=O)NCCC(=O)NC2CCCC2CN)cc1. The Labute approximate surface area is 149 Å². The van der Waals surface area contributed by atoms with Gasteiger partial charge >= 0.3 is 0 Å². The molecule has 25 heavy (non-hydrogen) atoms. The van der Waals surface area contributed by atoms with Crippen molar-refractivity contribution in [3.05, 3.63) is 24.3 Å². The molecule has 4 N–H and O–H groups in total. The van der Waals surface area contributed by atoms with Gasteiger partial charge in [-0.05, 0) is 56.5 Å². The van der Waals surface area contributed by atoms with Crippen LogP contribution >= 0.6 is 0 Å². The van der Waals surface area contributed by atoms with E-state index in [2.05, 4.69) is 10.0 Å². The van der Waals surface area contributed by atoms with Gasteiger partial charge in [-0.3, -0.25) is 4.79 Å². The highest BCUT2D eigenvalue weighted by Crippen LogP contribution is 2.24. The molecule has 2 unspecified atom stereocenters. The Bertz CT molecular complexity index is 661. The lowest BCUT2D eigenvalue weighted by Gasteiger charge is -2.19. The molecule has 140 valence electrons. The van der Waals surface area contributed by atoms with Gasteiger partial charge in [0.2, 0.25) is 15.9 Å². The van der Waals surface area contributed by atoms with Crippen LogP contribution in [0.15, 0.2) is 29.2 Å². The second kappa shape index (κ2) is 9.17. The summed E-state index contributed by atoms with van der Waals surface area (Å²) in [5, 5.41) is 2.96. The second-order valence-corrected chi connectivity index (χ2v) is 7.92. The van der Waals surface area contributed by atoms with E-state index in [9.17, 15) is 13.2 Å². The van der Waals surface area contributed by atoms with Crippen LogP contribution < -0.4 is 20.5 Å². The molecule has 1 saturated carbocycles. The molecule has 1 amide bonds. The van der Waals surface area contributed by atoms with E-state index in [0.29, 0.717) is 24.8 Å². The molecule has 2 atom stereocenters. The average Bonchev–Trinajstić information content (AvgIpc) is 3.02. The molecule has 0 heterocycles. The van der Waals surface area contributed by atoms with Crippen LogP contribution in [0.5, 0.6) is 5.75 Å². The smallest absolute Gasteiger partial charge is 0.240 e. The Kier molecular flexibility index (Phi) is 7.22. The van der Waals surface area contributed by atoms with Crippen molar-refractivity contribution < 1.29 is 17.9 Å². The van der Waals surface area contributed by atoms with Crippen LogP contribution in [0.2, 0.25) is 0 Å². The number of ether oxygens (including phenoxy) is 1. The van der Waals surface area contributed by atoms with Crippen molar-refractivity contribution in [3.63, 3.8) is 0 Å². The van der Waals surface area contributed by atoms with E-state index in [1.165, 1.54) is 12.1 Å². The molecule has 2 rings (SSSR count). The highest BCUT2D eigenvalue weighted by molar-refractivity contribution is 7.89. The molecular weight excluding hydrogens is 342 g/mol. The summed E-state index contributed by atoms with van der Waals surface area (Å²) in [5.41, 5.74) is 5.70. The summed E-state index contributed by atoms with van der Waals surface area (Å²) < 4.78 is 32.2. The van der Waals surface area contributed by atoms with Crippen LogP contribution in [-0.2, 0) is 14.8 Å². The minimum absolute atomic E-state index is 0.0569. The standard InChI is InChI=1S/C17H27N3O4S/c1-2-24-14-6-8-15(9-7-14)25(22,23)19-11-10-17(21)20-16-5-3-4-13(16)12-18/h6-9,13,16,19H,2-5,10-12,18H2,1H3,(H,20,21). The summed E-state index contributed by atoms with van der Waals surface area (Å²) in [6.45, 7) is 3.00. The van der Waals surface area contributed by atoms with Crippen LogP contribution in [0.3, 0.4) is 0 Å².